The molecule has 0 bridgehead atoms. The normalized spacial score (nSPS) is 12.0. The summed E-state index contributed by atoms with van der Waals surface area (Å²) in [6.45, 7) is 4.45. The summed E-state index contributed by atoms with van der Waals surface area (Å²) >= 11 is 0. The molecule has 2 amide bonds. The zero-order chi connectivity index (χ0) is 12.8. The molecule has 0 aliphatic rings. The molecule has 4 nitrogen and oxygen atoms in total. The van der Waals surface area contributed by atoms with Gasteiger partial charge in [0, 0.05) is 19.3 Å². The first-order valence-corrected chi connectivity index (χ1v) is 5.84. The molecule has 17 heavy (non-hydrogen) atoms. The van der Waals surface area contributed by atoms with Crippen LogP contribution in [0.1, 0.15) is 31.9 Å². The third-order valence-corrected chi connectivity index (χ3v) is 2.53. The Bertz CT molecular complexity index is 377. The van der Waals surface area contributed by atoms with Crippen molar-refractivity contribution in [3.8, 4) is 0 Å². The predicted molar refractivity (Wildman–Crippen MR) is 69.0 cm³/mol. The fraction of sp³-hybridized carbons (Fsp3) is 0.462. The molecule has 0 aliphatic heterocycles. The summed E-state index contributed by atoms with van der Waals surface area (Å²) in [6.07, 6.45) is 0.401. The van der Waals surface area contributed by atoms with E-state index >= 15 is 0 Å². The lowest BCUT2D eigenvalue weighted by Gasteiger charge is -2.17. The monoisotopic (exact) mass is 236 g/mol. The first kappa shape index (κ1) is 13.5. The molecule has 0 saturated carbocycles. The number of benzene rings is 1. The molecular weight excluding hydrogens is 216 g/mol. The minimum atomic E-state index is -0.528. The highest BCUT2D eigenvalue weighted by Gasteiger charge is 2.08. The predicted octanol–water partition coefficient (Wildman–Crippen LogP) is 2.61. The highest BCUT2D eigenvalue weighted by atomic mass is 16.3. The average molecular weight is 236 g/mol. The smallest absolute Gasteiger partial charge is 0.321 e. The van der Waals surface area contributed by atoms with E-state index in [4.69, 9.17) is 0 Å². The SMILES string of the molecule is CCCN(C)C(=O)Nc1cccc(C(C)O)c1. The zero-order valence-electron chi connectivity index (χ0n) is 10.6. The maximum Gasteiger partial charge on any atom is 0.321 e. The van der Waals surface area contributed by atoms with E-state index in [0.29, 0.717) is 5.69 Å². The number of anilines is 1. The number of rotatable bonds is 4. The van der Waals surface area contributed by atoms with Gasteiger partial charge in [-0.1, -0.05) is 19.1 Å². The summed E-state index contributed by atoms with van der Waals surface area (Å²) in [5, 5.41) is 12.3. The van der Waals surface area contributed by atoms with Crippen LogP contribution in [0.4, 0.5) is 10.5 Å². The van der Waals surface area contributed by atoms with E-state index in [-0.39, 0.29) is 6.03 Å². The first-order valence-electron chi connectivity index (χ1n) is 5.84. The number of carbonyl (C=O) groups is 1. The third-order valence-electron chi connectivity index (χ3n) is 2.53. The van der Waals surface area contributed by atoms with E-state index in [1.165, 1.54) is 0 Å². The summed E-state index contributed by atoms with van der Waals surface area (Å²) < 4.78 is 0. The van der Waals surface area contributed by atoms with Crippen molar-refractivity contribution in [2.45, 2.75) is 26.4 Å². The van der Waals surface area contributed by atoms with Gasteiger partial charge in [-0.05, 0) is 31.0 Å². The van der Waals surface area contributed by atoms with Crippen molar-refractivity contribution in [2.75, 3.05) is 18.9 Å². The van der Waals surface area contributed by atoms with E-state index in [0.717, 1.165) is 18.5 Å². The second kappa shape index (κ2) is 6.25. The maximum absolute atomic E-state index is 11.7. The van der Waals surface area contributed by atoms with Crippen LogP contribution in [0.3, 0.4) is 0 Å². The maximum atomic E-state index is 11.7. The van der Waals surface area contributed by atoms with Gasteiger partial charge in [-0.15, -0.1) is 0 Å². The Morgan fingerprint density at radius 1 is 1.53 bits per heavy atom. The van der Waals surface area contributed by atoms with Gasteiger partial charge in [0.1, 0.15) is 0 Å². The van der Waals surface area contributed by atoms with Gasteiger partial charge >= 0.3 is 6.03 Å². The number of amides is 2. The van der Waals surface area contributed by atoms with Gasteiger partial charge in [-0.3, -0.25) is 0 Å². The number of aliphatic hydroxyl groups excluding tert-OH is 1. The van der Waals surface area contributed by atoms with Gasteiger partial charge in [0.15, 0.2) is 0 Å². The minimum absolute atomic E-state index is 0.130. The number of aliphatic hydroxyl groups is 1. The van der Waals surface area contributed by atoms with Crippen LogP contribution < -0.4 is 5.32 Å². The van der Waals surface area contributed by atoms with Crippen LogP contribution in [0.2, 0.25) is 0 Å². The Balaban J connectivity index is 2.68. The Hall–Kier alpha value is -1.55. The lowest BCUT2D eigenvalue weighted by molar-refractivity contribution is 0.199. The largest absolute Gasteiger partial charge is 0.389 e. The zero-order valence-corrected chi connectivity index (χ0v) is 10.6. The number of hydrogen-bond acceptors (Lipinski definition) is 2. The van der Waals surface area contributed by atoms with Crippen LogP contribution in [-0.2, 0) is 0 Å². The number of urea groups is 1. The van der Waals surface area contributed by atoms with Crippen LogP contribution in [0.25, 0.3) is 0 Å². The summed E-state index contributed by atoms with van der Waals surface area (Å²) in [6, 6.07) is 7.11. The number of carbonyl (C=O) groups excluding carboxylic acids is 1. The average Bonchev–Trinajstić information content (AvgIpc) is 2.29. The van der Waals surface area contributed by atoms with Crippen molar-refractivity contribution in [3.63, 3.8) is 0 Å². The molecule has 1 aromatic carbocycles. The molecule has 0 fully saturated rings. The van der Waals surface area contributed by atoms with Crippen LogP contribution in [-0.4, -0.2) is 29.6 Å². The Morgan fingerprint density at radius 2 is 2.24 bits per heavy atom. The van der Waals surface area contributed by atoms with Crippen molar-refractivity contribution in [2.24, 2.45) is 0 Å². The van der Waals surface area contributed by atoms with Gasteiger partial charge in [-0.2, -0.15) is 0 Å². The fourth-order valence-electron chi connectivity index (χ4n) is 1.53. The summed E-state index contributed by atoms with van der Waals surface area (Å²) in [7, 11) is 1.76. The number of nitrogens with one attached hydrogen (secondary N) is 1. The molecule has 2 N–H and O–H groups in total. The molecule has 0 saturated heterocycles. The quantitative estimate of drug-likeness (QED) is 0.844. The molecule has 4 heteroatoms. The van der Waals surface area contributed by atoms with Crippen LogP contribution in [0, 0.1) is 0 Å². The Morgan fingerprint density at radius 3 is 2.82 bits per heavy atom. The second-order valence-corrected chi connectivity index (χ2v) is 4.15. The lowest BCUT2D eigenvalue weighted by atomic mass is 10.1. The minimum Gasteiger partial charge on any atom is -0.389 e. The van der Waals surface area contributed by atoms with E-state index in [1.54, 1.807) is 24.9 Å². The van der Waals surface area contributed by atoms with Crippen molar-refractivity contribution >= 4 is 11.7 Å². The molecule has 0 aliphatic carbocycles. The van der Waals surface area contributed by atoms with Crippen LogP contribution in [0.5, 0.6) is 0 Å². The first-order chi connectivity index (χ1) is 8.04. The molecule has 0 heterocycles. The molecule has 1 atom stereocenters. The van der Waals surface area contributed by atoms with Gasteiger partial charge in [-0.25, -0.2) is 4.79 Å². The molecule has 0 spiro atoms. The van der Waals surface area contributed by atoms with Gasteiger partial charge in [0.05, 0.1) is 6.10 Å². The van der Waals surface area contributed by atoms with Crippen molar-refractivity contribution in [1.82, 2.24) is 4.90 Å². The van der Waals surface area contributed by atoms with Crippen molar-refractivity contribution in [3.05, 3.63) is 29.8 Å². The third kappa shape index (κ3) is 4.07. The summed E-state index contributed by atoms with van der Waals surface area (Å²) in [5.74, 6) is 0. The number of hydrogen-bond donors (Lipinski definition) is 2. The topological polar surface area (TPSA) is 52.6 Å². The fourth-order valence-corrected chi connectivity index (χ4v) is 1.53. The molecule has 94 valence electrons. The van der Waals surface area contributed by atoms with Crippen LogP contribution in [0.15, 0.2) is 24.3 Å². The summed E-state index contributed by atoms with van der Waals surface area (Å²) in [4.78, 5) is 13.4. The lowest BCUT2D eigenvalue weighted by Crippen LogP contribution is -2.31. The Kier molecular flexibility index (Phi) is 4.97. The standard InChI is InChI=1S/C13H20N2O2/c1-4-8-15(3)13(17)14-12-7-5-6-11(9-12)10(2)16/h5-7,9-10,16H,4,8H2,1-3H3,(H,14,17). The number of nitrogens with zero attached hydrogens (tertiary/aromatic N) is 1. The van der Waals surface area contributed by atoms with E-state index < -0.39 is 6.10 Å². The van der Waals surface area contributed by atoms with Crippen molar-refractivity contribution in [1.29, 1.82) is 0 Å². The molecule has 1 rings (SSSR count). The van der Waals surface area contributed by atoms with Gasteiger partial charge in [0.2, 0.25) is 0 Å². The molecule has 1 aromatic rings. The summed E-state index contributed by atoms with van der Waals surface area (Å²) in [5.41, 5.74) is 1.50. The van der Waals surface area contributed by atoms with Crippen molar-refractivity contribution < 1.29 is 9.90 Å². The highest BCUT2D eigenvalue weighted by Crippen LogP contribution is 2.17. The van der Waals surface area contributed by atoms with Crippen LogP contribution >= 0.6 is 0 Å². The van der Waals surface area contributed by atoms with E-state index in [1.807, 2.05) is 25.1 Å². The molecular formula is C13H20N2O2. The molecule has 0 radical (unpaired) electrons. The molecule has 0 aromatic heterocycles. The molecule has 1 unspecified atom stereocenters. The van der Waals surface area contributed by atoms with E-state index in [2.05, 4.69) is 5.32 Å². The highest BCUT2D eigenvalue weighted by molar-refractivity contribution is 5.89. The van der Waals surface area contributed by atoms with Gasteiger partial charge in [0.25, 0.3) is 0 Å². The Labute approximate surface area is 102 Å². The second-order valence-electron chi connectivity index (χ2n) is 4.15. The van der Waals surface area contributed by atoms with E-state index in [9.17, 15) is 9.90 Å². The van der Waals surface area contributed by atoms with Gasteiger partial charge < -0.3 is 15.3 Å².